The second-order valence-corrected chi connectivity index (χ2v) is 7.18. The lowest BCUT2D eigenvalue weighted by Gasteiger charge is -2.37. The van der Waals surface area contributed by atoms with Crippen molar-refractivity contribution < 1.29 is 22.8 Å². The summed E-state index contributed by atoms with van der Waals surface area (Å²) in [6.45, 7) is 0. The Morgan fingerprint density at radius 1 is 0.917 bits per heavy atom. The van der Waals surface area contributed by atoms with Crippen molar-refractivity contribution in [3.05, 3.63) is 42.0 Å². The molecule has 0 spiro atoms. The number of carbonyl (C=O) groups is 2. The van der Waals surface area contributed by atoms with Crippen molar-refractivity contribution >= 4 is 17.5 Å². The summed E-state index contributed by atoms with van der Waals surface area (Å²) >= 11 is 0. The van der Waals surface area contributed by atoms with Crippen molar-refractivity contribution in [2.24, 2.45) is 35.5 Å². The molecule has 4 aliphatic carbocycles. The van der Waals surface area contributed by atoms with E-state index < -0.39 is 35.4 Å². The lowest BCUT2D eigenvalue weighted by molar-refractivity contribution is -0.137. The fourth-order valence-corrected chi connectivity index (χ4v) is 5.10. The second kappa shape index (κ2) is 4.29. The first-order chi connectivity index (χ1) is 11.4. The summed E-state index contributed by atoms with van der Waals surface area (Å²) in [6.07, 6.45) is 0.425. The average Bonchev–Trinajstić information content (AvgIpc) is 3.31. The van der Waals surface area contributed by atoms with Gasteiger partial charge in [0, 0.05) is 0 Å². The number of para-hydroxylation sites is 1. The lowest BCUT2D eigenvalue weighted by Crippen LogP contribution is -2.40. The highest BCUT2D eigenvalue weighted by Crippen LogP contribution is 2.65. The van der Waals surface area contributed by atoms with Gasteiger partial charge in [-0.05, 0) is 42.2 Å². The minimum absolute atomic E-state index is 0.00417. The average molecular weight is 333 g/mol. The second-order valence-electron chi connectivity index (χ2n) is 7.18. The van der Waals surface area contributed by atoms with Gasteiger partial charge >= 0.3 is 6.18 Å². The number of halogens is 3. The van der Waals surface area contributed by atoms with Crippen molar-refractivity contribution in [2.75, 3.05) is 4.90 Å². The number of imide groups is 1. The Hall–Kier alpha value is -2.11. The number of nitrogens with zero attached hydrogens (tertiary/aromatic N) is 1. The maximum atomic E-state index is 13.3. The van der Waals surface area contributed by atoms with Gasteiger partial charge in [-0.15, -0.1) is 0 Å². The molecule has 1 aromatic carbocycles. The number of alkyl halides is 3. The topological polar surface area (TPSA) is 37.4 Å². The fourth-order valence-electron chi connectivity index (χ4n) is 5.10. The van der Waals surface area contributed by atoms with Crippen molar-refractivity contribution in [1.82, 2.24) is 0 Å². The number of allylic oxidation sites excluding steroid dienone is 2. The summed E-state index contributed by atoms with van der Waals surface area (Å²) in [4.78, 5) is 26.6. The van der Waals surface area contributed by atoms with E-state index in [1.54, 1.807) is 0 Å². The molecule has 0 N–H and O–H groups in total. The third-order valence-electron chi connectivity index (χ3n) is 6.11. The highest BCUT2D eigenvalue weighted by atomic mass is 19.4. The zero-order chi connectivity index (χ0) is 16.8. The predicted molar refractivity (Wildman–Crippen MR) is 78.6 cm³/mol. The van der Waals surface area contributed by atoms with Gasteiger partial charge in [0.05, 0.1) is 23.1 Å². The quantitative estimate of drug-likeness (QED) is 0.584. The van der Waals surface area contributed by atoms with E-state index in [1.807, 2.05) is 12.2 Å². The van der Waals surface area contributed by atoms with Gasteiger partial charge in [-0.2, -0.15) is 13.2 Å². The van der Waals surface area contributed by atoms with Crippen molar-refractivity contribution in [2.45, 2.75) is 12.6 Å². The first kappa shape index (κ1) is 14.3. The summed E-state index contributed by atoms with van der Waals surface area (Å²) in [5, 5.41) is 0. The number of anilines is 1. The van der Waals surface area contributed by atoms with Crippen LogP contribution < -0.4 is 4.90 Å². The van der Waals surface area contributed by atoms with Crippen LogP contribution in [0, 0.1) is 35.5 Å². The van der Waals surface area contributed by atoms with Gasteiger partial charge in [0.2, 0.25) is 11.8 Å². The first-order valence-corrected chi connectivity index (χ1v) is 8.12. The zero-order valence-electron chi connectivity index (χ0n) is 12.5. The van der Waals surface area contributed by atoms with E-state index in [1.165, 1.54) is 18.2 Å². The minimum Gasteiger partial charge on any atom is -0.274 e. The highest BCUT2D eigenvalue weighted by molar-refractivity contribution is 6.23. The van der Waals surface area contributed by atoms with Gasteiger partial charge in [-0.3, -0.25) is 9.59 Å². The smallest absolute Gasteiger partial charge is 0.274 e. The third-order valence-corrected chi connectivity index (χ3v) is 6.11. The molecule has 6 unspecified atom stereocenters. The van der Waals surface area contributed by atoms with Crippen LogP contribution >= 0.6 is 0 Å². The van der Waals surface area contributed by atoms with E-state index in [-0.39, 0.29) is 17.5 Å². The summed E-state index contributed by atoms with van der Waals surface area (Å²) in [5.74, 6) is -1.05. The molecule has 1 aromatic rings. The number of carbonyl (C=O) groups excluding carboxylic acids is 2. The normalized spacial score (nSPS) is 39.2. The molecular formula is C18H14F3NO2. The largest absolute Gasteiger partial charge is 0.418 e. The summed E-state index contributed by atoms with van der Waals surface area (Å²) < 4.78 is 39.9. The minimum atomic E-state index is -4.61. The number of hydrogen-bond acceptors (Lipinski definition) is 2. The van der Waals surface area contributed by atoms with E-state index in [0.29, 0.717) is 11.8 Å². The number of amides is 2. The molecule has 3 fully saturated rings. The standard InChI is InChI=1S/C18H14F3NO2/c19-18(20,21)12-3-1-2-4-13(12)22-16(23)14-8-5-6-9(11-7-10(8)11)15(14)17(22)24/h1-6,8-11,14-15H,7H2. The Kier molecular flexibility index (Phi) is 2.55. The molecule has 6 heteroatoms. The summed E-state index contributed by atoms with van der Waals surface area (Å²) in [5.41, 5.74) is -1.27. The maximum Gasteiger partial charge on any atom is 0.418 e. The highest BCUT2D eigenvalue weighted by Gasteiger charge is 2.67. The van der Waals surface area contributed by atoms with Crippen molar-refractivity contribution in [3.63, 3.8) is 0 Å². The molecule has 6 atom stereocenters. The molecule has 1 saturated heterocycles. The van der Waals surface area contributed by atoms with Crippen LogP contribution in [0.15, 0.2) is 36.4 Å². The molecule has 2 bridgehead atoms. The zero-order valence-corrected chi connectivity index (χ0v) is 12.5. The Morgan fingerprint density at radius 3 is 2.00 bits per heavy atom. The lowest BCUT2D eigenvalue weighted by atomic mass is 9.63. The van der Waals surface area contributed by atoms with Crippen molar-refractivity contribution in [3.8, 4) is 0 Å². The molecule has 2 saturated carbocycles. The van der Waals surface area contributed by atoms with E-state index in [2.05, 4.69) is 0 Å². The Morgan fingerprint density at radius 2 is 1.46 bits per heavy atom. The predicted octanol–water partition coefficient (Wildman–Crippen LogP) is 3.26. The number of hydrogen-bond donors (Lipinski definition) is 0. The summed E-state index contributed by atoms with van der Waals surface area (Å²) in [6, 6.07) is 4.83. The van der Waals surface area contributed by atoms with Crippen LogP contribution in [0.4, 0.5) is 18.9 Å². The van der Waals surface area contributed by atoms with Crippen LogP contribution in [-0.4, -0.2) is 11.8 Å². The van der Waals surface area contributed by atoms with Crippen LogP contribution in [0.25, 0.3) is 0 Å². The summed E-state index contributed by atoms with van der Waals surface area (Å²) in [7, 11) is 0. The van der Waals surface area contributed by atoms with Crippen LogP contribution in [0.2, 0.25) is 0 Å². The number of benzene rings is 1. The van der Waals surface area contributed by atoms with Gasteiger partial charge in [-0.25, -0.2) is 4.90 Å². The Labute approximate surface area is 136 Å². The molecule has 5 aliphatic rings. The molecule has 0 radical (unpaired) electrons. The van der Waals surface area contributed by atoms with E-state index in [9.17, 15) is 22.8 Å². The van der Waals surface area contributed by atoms with E-state index in [4.69, 9.17) is 0 Å². The van der Waals surface area contributed by atoms with Crippen LogP contribution in [0.5, 0.6) is 0 Å². The van der Waals surface area contributed by atoms with Gasteiger partial charge in [0.25, 0.3) is 0 Å². The maximum absolute atomic E-state index is 13.3. The third kappa shape index (κ3) is 1.63. The molecule has 24 heavy (non-hydrogen) atoms. The molecule has 1 aliphatic heterocycles. The van der Waals surface area contributed by atoms with E-state index >= 15 is 0 Å². The van der Waals surface area contributed by atoms with E-state index in [0.717, 1.165) is 17.4 Å². The molecule has 2 amide bonds. The van der Waals surface area contributed by atoms with Gasteiger partial charge < -0.3 is 0 Å². The fraction of sp³-hybridized carbons (Fsp3) is 0.444. The van der Waals surface area contributed by atoms with Gasteiger partial charge in [-0.1, -0.05) is 24.3 Å². The van der Waals surface area contributed by atoms with Crippen LogP contribution in [0.3, 0.4) is 0 Å². The molecule has 0 aromatic heterocycles. The first-order valence-electron chi connectivity index (χ1n) is 8.12. The molecule has 3 nitrogen and oxygen atoms in total. The number of rotatable bonds is 1. The van der Waals surface area contributed by atoms with Crippen LogP contribution in [-0.2, 0) is 15.8 Å². The Balaban J connectivity index is 1.61. The molecule has 6 rings (SSSR count). The van der Waals surface area contributed by atoms with Gasteiger partial charge in [0.1, 0.15) is 0 Å². The SMILES string of the molecule is O=C1C2C3C=CC(C4CC34)C2C(=O)N1c1ccccc1C(F)(F)F. The van der Waals surface area contributed by atoms with Crippen molar-refractivity contribution in [1.29, 1.82) is 0 Å². The molecule has 124 valence electrons. The molecular weight excluding hydrogens is 319 g/mol. The van der Waals surface area contributed by atoms with Crippen LogP contribution in [0.1, 0.15) is 12.0 Å². The molecule has 1 heterocycles. The monoisotopic (exact) mass is 333 g/mol. The Bertz CT molecular complexity index is 764. The van der Waals surface area contributed by atoms with Gasteiger partial charge in [0.15, 0.2) is 0 Å².